The number of rotatable bonds is 7. The number of aromatic amines is 1. The number of nitrogens with zero attached hydrogens (tertiary/aromatic N) is 1. The standard InChI is InChI=1S/C25H24N2O5/c1-16-11-22(30-3)12-17(2)23(16)20-6-4-5-19(13-20)15-31-21-9-7-18(8-10-21)14-27-24(28)26-25(29)32-27/h4-13H,14-15H2,1-3H3,(H,26,28,29). The molecule has 0 amide bonds. The molecule has 164 valence electrons. The van der Waals surface area contributed by atoms with Gasteiger partial charge in [0.15, 0.2) is 0 Å². The van der Waals surface area contributed by atoms with Crippen LogP contribution in [0.25, 0.3) is 11.1 Å². The third-order valence-corrected chi connectivity index (χ3v) is 5.24. The van der Waals surface area contributed by atoms with Crippen LogP contribution in [0.1, 0.15) is 22.3 Å². The lowest BCUT2D eigenvalue weighted by atomic mass is 9.94. The van der Waals surface area contributed by atoms with Gasteiger partial charge in [0.25, 0.3) is 0 Å². The van der Waals surface area contributed by atoms with E-state index in [0.717, 1.165) is 38.3 Å². The van der Waals surface area contributed by atoms with Gasteiger partial charge in [0.2, 0.25) is 0 Å². The van der Waals surface area contributed by atoms with Crippen molar-refractivity contribution in [1.29, 1.82) is 0 Å². The summed E-state index contributed by atoms with van der Waals surface area (Å²) in [6, 6.07) is 19.7. The first kappa shape index (κ1) is 21.2. The number of hydrogen-bond donors (Lipinski definition) is 1. The van der Waals surface area contributed by atoms with Crippen molar-refractivity contribution < 1.29 is 14.0 Å². The smallest absolute Gasteiger partial charge is 0.440 e. The monoisotopic (exact) mass is 432 g/mol. The van der Waals surface area contributed by atoms with E-state index in [1.165, 1.54) is 5.56 Å². The number of ether oxygens (including phenoxy) is 2. The SMILES string of the molecule is COc1cc(C)c(-c2cccc(COc3ccc(Cn4oc(=O)[nH]c4=O)cc3)c2)c(C)c1. The van der Waals surface area contributed by atoms with E-state index in [9.17, 15) is 9.59 Å². The Labute approximate surface area is 184 Å². The van der Waals surface area contributed by atoms with Gasteiger partial charge < -0.3 is 14.0 Å². The Balaban J connectivity index is 1.45. The van der Waals surface area contributed by atoms with Crippen molar-refractivity contribution in [2.24, 2.45) is 0 Å². The first-order chi connectivity index (χ1) is 15.4. The molecule has 0 saturated heterocycles. The predicted octanol–water partition coefficient (Wildman–Crippen LogP) is 4.05. The fourth-order valence-electron chi connectivity index (χ4n) is 3.76. The van der Waals surface area contributed by atoms with Crippen molar-refractivity contribution in [3.05, 3.63) is 104 Å². The summed E-state index contributed by atoms with van der Waals surface area (Å²) in [5.41, 5.74) is 5.95. The second-order valence-corrected chi connectivity index (χ2v) is 7.61. The average Bonchev–Trinajstić information content (AvgIpc) is 3.09. The molecular formula is C25H24N2O5. The molecule has 0 fully saturated rings. The van der Waals surface area contributed by atoms with Crippen LogP contribution in [-0.2, 0) is 13.2 Å². The predicted molar refractivity (Wildman–Crippen MR) is 121 cm³/mol. The topological polar surface area (TPSA) is 86.5 Å². The molecule has 7 nitrogen and oxygen atoms in total. The zero-order valence-corrected chi connectivity index (χ0v) is 18.2. The Hall–Kier alpha value is -4.00. The summed E-state index contributed by atoms with van der Waals surface area (Å²) in [4.78, 5) is 24.7. The van der Waals surface area contributed by atoms with Crippen LogP contribution in [0.15, 0.2) is 74.8 Å². The highest BCUT2D eigenvalue weighted by Crippen LogP contribution is 2.31. The molecule has 3 aromatic carbocycles. The van der Waals surface area contributed by atoms with E-state index >= 15 is 0 Å². The minimum atomic E-state index is -0.766. The number of hydrogen-bond acceptors (Lipinski definition) is 5. The van der Waals surface area contributed by atoms with E-state index < -0.39 is 11.4 Å². The van der Waals surface area contributed by atoms with Gasteiger partial charge in [-0.25, -0.2) is 14.6 Å². The number of methoxy groups -OCH3 is 1. The van der Waals surface area contributed by atoms with Crippen molar-refractivity contribution in [3.63, 3.8) is 0 Å². The van der Waals surface area contributed by atoms with Crippen LogP contribution in [0.3, 0.4) is 0 Å². The third kappa shape index (κ3) is 4.67. The van der Waals surface area contributed by atoms with Gasteiger partial charge in [0.05, 0.1) is 13.7 Å². The maximum absolute atomic E-state index is 11.6. The van der Waals surface area contributed by atoms with Crippen LogP contribution in [-0.4, -0.2) is 16.8 Å². The quantitative estimate of drug-likeness (QED) is 0.476. The molecular weight excluding hydrogens is 408 g/mol. The molecule has 0 bridgehead atoms. The normalized spacial score (nSPS) is 10.8. The molecule has 0 radical (unpaired) electrons. The zero-order valence-electron chi connectivity index (χ0n) is 18.2. The highest BCUT2D eigenvalue weighted by Gasteiger charge is 2.09. The lowest BCUT2D eigenvalue weighted by Crippen LogP contribution is -2.17. The Kier molecular flexibility index (Phi) is 5.98. The summed E-state index contributed by atoms with van der Waals surface area (Å²) in [7, 11) is 1.68. The summed E-state index contributed by atoms with van der Waals surface area (Å²) in [5, 5.41) is 0. The van der Waals surface area contributed by atoms with E-state index in [4.69, 9.17) is 14.0 Å². The molecule has 1 heterocycles. The van der Waals surface area contributed by atoms with Crippen molar-refractivity contribution in [2.45, 2.75) is 27.0 Å². The van der Waals surface area contributed by atoms with E-state index in [2.05, 4.69) is 31.0 Å². The molecule has 0 spiro atoms. The lowest BCUT2D eigenvalue weighted by molar-refractivity contribution is 0.258. The van der Waals surface area contributed by atoms with E-state index in [1.807, 2.05) is 48.5 Å². The summed E-state index contributed by atoms with van der Waals surface area (Å²) in [5.74, 6) is 0.797. The van der Waals surface area contributed by atoms with Crippen LogP contribution < -0.4 is 20.9 Å². The third-order valence-electron chi connectivity index (χ3n) is 5.24. The summed E-state index contributed by atoms with van der Waals surface area (Å²) >= 11 is 0. The van der Waals surface area contributed by atoms with Gasteiger partial charge in [-0.2, -0.15) is 0 Å². The van der Waals surface area contributed by atoms with Crippen molar-refractivity contribution in [2.75, 3.05) is 7.11 Å². The van der Waals surface area contributed by atoms with Gasteiger partial charge >= 0.3 is 11.4 Å². The number of nitrogens with one attached hydrogen (secondary N) is 1. The molecule has 4 rings (SSSR count). The van der Waals surface area contributed by atoms with Crippen LogP contribution in [0, 0.1) is 13.8 Å². The van der Waals surface area contributed by atoms with Crippen LogP contribution in [0.4, 0.5) is 0 Å². The van der Waals surface area contributed by atoms with E-state index in [1.54, 1.807) is 7.11 Å². The maximum atomic E-state index is 11.6. The van der Waals surface area contributed by atoms with Gasteiger partial charge in [-0.05, 0) is 77.6 Å². The van der Waals surface area contributed by atoms with Gasteiger partial charge in [-0.15, -0.1) is 4.74 Å². The Morgan fingerprint density at radius 1 is 0.906 bits per heavy atom. The second kappa shape index (κ2) is 9.01. The second-order valence-electron chi connectivity index (χ2n) is 7.61. The zero-order chi connectivity index (χ0) is 22.7. The summed E-state index contributed by atoms with van der Waals surface area (Å²) in [6.45, 7) is 4.76. The fraction of sp³-hybridized carbons (Fsp3) is 0.200. The first-order valence-corrected chi connectivity index (χ1v) is 10.2. The maximum Gasteiger partial charge on any atom is 0.440 e. The van der Waals surface area contributed by atoms with Gasteiger partial charge in [0, 0.05) is 0 Å². The Morgan fingerprint density at radius 2 is 1.62 bits per heavy atom. The minimum absolute atomic E-state index is 0.167. The van der Waals surface area contributed by atoms with Crippen LogP contribution >= 0.6 is 0 Å². The fourth-order valence-corrected chi connectivity index (χ4v) is 3.76. The van der Waals surface area contributed by atoms with Gasteiger partial charge in [-0.1, -0.05) is 30.3 Å². The summed E-state index contributed by atoms with van der Waals surface area (Å²) in [6.07, 6.45) is 0. The van der Waals surface area contributed by atoms with Crippen LogP contribution in [0.5, 0.6) is 11.5 Å². The molecule has 0 atom stereocenters. The van der Waals surface area contributed by atoms with Gasteiger partial charge in [-0.3, -0.25) is 0 Å². The number of benzene rings is 3. The number of aromatic nitrogens is 2. The van der Waals surface area contributed by atoms with Crippen molar-refractivity contribution in [1.82, 2.24) is 9.72 Å². The number of H-pyrrole nitrogens is 1. The molecule has 0 saturated carbocycles. The lowest BCUT2D eigenvalue weighted by Gasteiger charge is -2.14. The van der Waals surface area contributed by atoms with E-state index in [-0.39, 0.29) is 6.54 Å². The molecule has 0 aliphatic heterocycles. The highest BCUT2D eigenvalue weighted by molar-refractivity contribution is 5.72. The minimum Gasteiger partial charge on any atom is -0.497 e. The molecule has 1 N–H and O–H groups in total. The molecule has 0 aliphatic carbocycles. The molecule has 4 aromatic rings. The van der Waals surface area contributed by atoms with E-state index in [0.29, 0.717) is 12.4 Å². The summed E-state index contributed by atoms with van der Waals surface area (Å²) < 4.78 is 17.1. The van der Waals surface area contributed by atoms with Crippen molar-refractivity contribution >= 4 is 0 Å². The first-order valence-electron chi connectivity index (χ1n) is 10.2. The Morgan fingerprint density at radius 3 is 2.25 bits per heavy atom. The number of aryl methyl sites for hydroxylation is 2. The molecule has 1 aromatic heterocycles. The van der Waals surface area contributed by atoms with Gasteiger partial charge in [0.1, 0.15) is 18.1 Å². The van der Waals surface area contributed by atoms with Crippen LogP contribution in [0.2, 0.25) is 0 Å². The molecule has 7 heteroatoms. The molecule has 32 heavy (non-hydrogen) atoms. The highest BCUT2D eigenvalue weighted by atomic mass is 16.5. The Bertz CT molecular complexity index is 1320. The average molecular weight is 432 g/mol. The molecule has 0 unspecified atom stereocenters. The molecule has 0 aliphatic rings. The van der Waals surface area contributed by atoms with Crippen molar-refractivity contribution in [3.8, 4) is 22.6 Å². The largest absolute Gasteiger partial charge is 0.497 e.